The van der Waals surface area contributed by atoms with Gasteiger partial charge in [0.2, 0.25) is 0 Å². The normalized spacial score (nSPS) is 23.2. The van der Waals surface area contributed by atoms with Crippen LogP contribution in [0.4, 0.5) is 0 Å². The molecule has 1 atom stereocenters. The average Bonchev–Trinajstić information content (AvgIpc) is 2.95. The zero-order valence-corrected chi connectivity index (χ0v) is 11.7. The summed E-state index contributed by atoms with van der Waals surface area (Å²) in [6.07, 6.45) is 2.45. The number of ether oxygens (including phenoxy) is 1. The van der Waals surface area contributed by atoms with Crippen molar-refractivity contribution in [1.82, 2.24) is 19.5 Å². The lowest BCUT2D eigenvalue weighted by Gasteiger charge is -2.40. The van der Waals surface area contributed by atoms with E-state index in [0.29, 0.717) is 31.0 Å². The largest absolute Gasteiger partial charge is 0.372 e. The number of hydrogen-bond acceptors (Lipinski definition) is 4. The van der Waals surface area contributed by atoms with Crippen molar-refractivity contribution < 1.29 is 9.53 Å². The quantitative estimate of drug-likeness (QED) is 0.830. The van der Waals surface area contributed by atoms with Crippen molar-refractivity contribution in [3.05, 3.63) is 30.2 Å². The van der Waals surface area contributed by atoms with E-state index < -0.39 is 0 Å². The Morgan fingerprint density at radius 3 is 3.15 bits per heavy atom. The Labute approximate surface area is 117 Å². The number of hydrogen-bond donors (Lipinski definition) is 0. The monoisotopic (exact) mass is 274 g/mol. The Kier molecular flexibility index (Phi) is 3.17. The van der Waals surface area contributed by atoms with Crippen molar-refractivity contribution in [1.29, 1.82) is 0 Å². The van der Waals surface area contributed by atoms with E-state index in [0.717, 1.165) is 6.42 Å². The van der Waals surface area contributed by atoms with Gasteiger partial charge in [-0.05, 0) is 25.5 Å². The number of morpholine rings is 1. The van der Waals surface area contributed by atoms with Gasteiger partial charge in [0, 0.05) is 13.1 Å². The number of amides is 1. The Hall–Kier alpha value is -1.95. The smallest absolute Gasteiger partial charge is 0.271 e. The van der Waals surface area contributed by atoms with Crippen LogP contribution in [0.5, 0.6) is 0 Å². The van der Waals surface area contributed by atoms with Gasteiger partial charge < -0.3 is 9.64 Å². The first-order valence-electron chi connectivity index (χ1n) is 6.85. The van der Waals surface area contributed by atoms with Crippen LogP contribution in [0, 0.1) is 0 Å². The molecule has 0 radical (unpaired) electrons. The fourth-order valence-corrected chi connectivity index (χ4v) is 2.50. The number of rotatable bonds is 2. The molecule has 1 aliphatic heterocycles. The Balaban J connectivity index is 1.91. The number of fused-ring (bicyclic) bond motifs is 1. The van der Waals surface area contributed by atoms with E-state index >= 15 is 0 Å². The zero-order valence-electron chi connectivity index (χ0n) is 11.7. The summed E-state index contributed by atoms with van der Waals surface area (Å²) >= 11 is 0. The Morgan fingerprint density at radius 2 is 2.35 bits per heavy atom. The minimum absolute atomic E-state index is 0.00150. The van der Waals surface area contributed by atoms with Gasteiger partial charge in [0.1, 0.15) is 12.0 Å². The molecule has 1 saturated heterocycles. The third-order valence-corrected chi connectivity index (χ3v) is 3.92. The van der Waals surface area contributed by atoms with Crippen LogP contribution < -0.4 is 0 Å². The van der Waals surface area contributed by atoms with Crippen LogP contribution in [0.3, 0.4) is 0 Å². The van der Waals surface area contributed by atoms with Crippen LogP contribution >= 0.6 is 0 Å². The molecule has 0 spiro atoms. The lowest BCUT2D eigenvalue weighted by atomic mass is 10.0. The number of carbonyl (C=O) groups excluding carboxylic acids is 1. The molecule has 0 aliphatic carbocycles. The van der Waals surface area contributed by atoms with Gasteiger partial charge in [-0.25, -0.2) is 0 Å². The highest BCUT2D eigenvalue weighted by atomic mass is 16.5. The van der Waals surface area contributed by atoms with Crippen LogP contribution in [0.1, 0.15) is 30.8 Å². The van der Waals surface area contributed by atoms with E-state index in [-0.39, 0.29) is 11.5 Å². The SMILES string of the molecule is CCC1(C)CN(C(=O)c2cccc3nncn23)CCO1. The first kappa shape index (κ1) is 13.1. The van der Waals surface area contributed by atoms with Crippen molar-refractivity contribution in [3.63, 3.8) is 0 Å². The molecular formula is C14H18N4O2. The molecule has 6 nitrogen and oxygen atoms in total. The van der Waals surface area contributed by atoms with Crippen LogP contribution in [0.15, 0.2) is 24.5 Å². The van der Waals surface area contributed by atoms with Gasteiger partial charge >= 0.3 is 0 Å². The second-order valence-electron chi connectivity index (χ2n) is 5.35. The third-order valence-electron chi connectivity index (χ3n) is 3.92. The van der Waals surface area contributed by atoms with Gasteiger partial charge in [-0.2, -0.15) is 0 Å². The van der Waals surface area contributed by atoms with Crippen LogP contribution in [-0.2, 0) is 4.74 Å². The highest BCUT2D eigenvalue weighted by Gasteiger charge is 2.33. The van der Waals surface area contributed by atoms with E-state index in [1.807, 2.05) is 24.0 Å². The van der Waals surface area contributed by atoms with Crippen LogP contribution in [-0.4, -0.2) is 50.7 Å². The van der Waals surface area contributed by atoms with Gasteiger partial charge in [-0.1, -0.05) is 13.0 Å². The molecule has 0 N–H and O–H groups in total. The molecule has 0 bridgehead atoms. The molecule has 1 amide bonds. The number of pyridine rings is 1. The molecule has 0 saturated carbocycles. The molecule has 3 heterocycles. The number of aromatic nitrogens is 3. The van der Waals surface area contributed by atoms with E-state index in [1.54, 1.807) is 16.8 Å². The van der Waals surface area contributed by atoms with Crippen molar-refractivity contribution in [2.24, 2.45) is 0 Å². The molecule has 2 aromatic rings. The van der Waals surface area contributed by atoms with Crippen molar-refractivity contribution in [3.8, 4) is 0 Å². The standard InChI is InChI=1S/C14H18N4O2/c1-3-14(2)9-17(7-8-20-14)13(19)11-5-4-6-12-16-15-10-18(11)12/h4-6,10H,3,7-9H2,1-2H3. The summed E-state index contributed by atoms with van der Waals surface area (Å²) in [5.74, 6) is -0.00150. The molecule has 106 valence electrons. The summed E-state index contributed by atoms with van der Waals surface area (Å²) in [4.78, 5) is 14.6. The molecule has 2 aromatic heterocycles. The highest BCUT2D eigenvalue weighted by Crippen LogP contribution is 2.22. The minimum Gasteiger partial charge on any atom is -0.372 e. The highest BCUT2D eigenvalue weighted by molar-refractivity contribution is 5.93. The first-order chi connectivity index (χ1) is 9.63. The zero-order chi connectivity index (χ0) is 14.2. The lowest BCUT2D eigenvalue weighted by molar-refractivity contribution is -0.0898. The fourth-order valence-electron chi connectivity index (χ4n) is 2.50. The molecule has 1 aliphatic rings. The molecule has 6 heteroatoms. The maximum absolute atomic E-state index is 12.7. The van der Waals surface area contributed by atoms with Gasteiger partial charge in [-0.3, -0.25) is 9.20 Å². The predicted octanol–water partition coefficient (Wildman–Crippen LogP) is 1.37. The average molecular weight is 274 g/mol. The molecule has 1 fully saturated rings. The van der Waals surface area contributed by atoms with Gasteiger partial charge in [0.05, 0.1) is 12.2 Å². The maximum Gasteiger partial charge on any atom is 0.271 e. The second kappa shape index (κ2) is 4.86. The van der Waals surface area contributed by atoms with Gasteiger partial charge in [0.25, 0.3) is 5.91 Å². The summed E-state index contributed by atoms with van der Waals surface area (Å²) < 4.78 is 7.50. The molecule has 1 unspecified atom stereocenters. The van der Waals surface area contributed by atoms with Gasteiger partial charge in [0.15, 0.2) is 5.65 Å². The van der Waals surface area contributed by atoms with E-state index in [4.69, 9.17) is 4.74 Å². The summed E-state index contributed by atoms with van der Waals surface area (Å²) in [5.41, 5.74) is 1.02. The third kappa shape index (κ3) is 2.16. The van der Waals surface area contributed by atoms with Crippen molar-refractivity contribution in [2.75, 3.05) is 19.7 Å². The van der Waals surface area contributed by atoms with E-state index in [2.05, 4.69) is 17.1 Å². The summed E-state index contributed by atoms with van der Waals surface area (Å²) in [6, 6.07) is 5.47. The second-order valence-corrected chi connectivity index (χ2v) is 5.35. The van der Waals surface area contributed by atoms with E-state index in [9.17, 15) is 4.79 Å². The van der Waals surface area contributed by atoms with Crippen molar-refractivity contribution >= 4 is 11.6 Å². The number of nitrogens with zero attached hydrogens (tertiary/aromatic N) is 4. The van der Waals surface area contributed by atoms with Crippen molar-refractivity contribution in [2.45, 2.75) is 25.9 Å². The first-order valence-corrected chi connectivity index (χ1v) is 6.85. The topological polar surface area (TPSA) is 59.7 Å². The fraction of sp³-hybridized carbons (Fsp3) is 0.500. The summed E-state index contributed by atoms with van der Waals surface area (Å²) in [6.45, 7) is 5.93. The summed E-state index contributed by atoms with van der Waals surface area (Å²) in [5, 5.41) is 7.82. The Morgan fingerprint density at radius 1 is 1.50 bits per heavy atom. The minimum atomic E-state index is -0.255. The molecule has 20 heavy (non-hydrogen) atoms. The molecule has 3 rings (SSSR count). The lowest BCUT2D eigenvalue weighted by Crippen LogP contribution is -2.52. The molecule has 0 aromatic carbocycles. The van der Waals surface area contributed by atoms with Crippen LogP contribution in [0.25, 0.3) is 5.65 Å². The van der Waals surface area contributed by atoms with E-state index in [1.165, 1.54) is 0 Å². The van der Waals surface area contributed by atoms with Gasteiger partial charge in [-0.15, -0.1) is 10.2 Å². The molecular weight excluding hydrogens is 256 g/mol. The predicted molar refractivity (Wildman–Crippen MR) is 73.5 cm³/mol. The summed E-state index contributed by atoms with van der Waals surface area (Å²) in [7, 11) is 0. The Bertz CT molecular complexity index is 639. The maximum atomic E-state index is 12.7. The van der Waals surface area contributed by atoms with Crippen LogP contribution in [0.2, 0.25) is 0 Å². The number of carbonyl (C=O) groups is 1.